The van der Waals surface area contributed by atoms with E-state index >= 15 is 0 Å². The van der Waals surface area contributed by atoms with E-state index in [1.54, 1.807) is 29.2 Å². The van der Waals surface area contributed by atoms with E-state index in [9.17, 15) is 18.0 Å². The van der Waals surface area contributed by atoms with E-state index in [0.717, 1.165) is 4.31 Å². The standard InChI is InChI=1S/C17H21N5O4S/c1-13(11-21-8-3-6-19-21)20-17(24)14-4-2-5-15(10-14)27(25,26)22-9-7-18-16(23)12-22/h2-6,8,10,13H,7,9,11-12H2,1H3,(H,18,23)(H,20,24). The summed E-state index contributed by atoms with van der Waals surface area (Å²) < 4.78 is 28.3. The average Bonchev–Trinajstić information content (AvgIpc) is 3.14. The predicted octanol–water partition coefficient (Wildman–Crippen LogP) is -0.178. The summed E-state index contributed by atoms with van der Waals surface area (Å²) in [5.41, 5.74) is 0.241. The summed E-state index contributed by atoms with van der Waals surface area (Å²) in [6.45, 7) is 2.58. The number of aromatic nitrogens is 2. The Hall–Kier alpha value is -2.72. The zero-order valence-corrected chi connectivity index (χ0v) is 15.6. The molecule has 2 heterocycles. The molecule has 2 aromatic rings. The first kappa shape index (κ1) is 19.1. The van der Waals surface area contributed by atoms with Gasteiger partial charge in [-0.15, -0.1) is 0 Å². The summed E-state index contributed by atoms with van der Waals surface area (Å²) in [6, 6.07) is 7.43. The molecule has 144 valence electrons. The first-order valence-electron chi connectivity index (χ1n) is 8.51. The number of amides is 2. The van der Waals surface area contributed by atoms with E-state index in [1.807, 2.05) is 6.92 Å². The van der Waals surface area contributed by atoms with Gasteiger partial charge in [-0.1, -0.05) is 6.07 Å². The van der Waals surface area contributed by atoms with Gasteiger partial charge in [0.05, 0.1) is 18.0 Å². The number of nitrogens with zero attached hydrogens (tertiary/aromatic N) is 3. The van der Waals surface area contributed by atoms with E-state index in [1.165, 1.54) is 18.2 Å². The highest BCUT2D eigenvalue weighted by Gasteiger charge is 2.29. The van der Waals surface area contributed by atoms with Crippen molar-refractivity contribution in [1.82, 2.24) is 24.7 Å². The molecule has 1 unspecified atom stereocenters. The second kappa shape index (κ2) is 7.89. The van der Waals surface area contributed by atoms with E-state index in [0.29, 0.717) is 6.54 Å². The predicted molar refractivity (Wildman–Crippen MR) is 97.4 cm³/mol. The molecule has 2 N–H and O–H groups in total. The monoisotopic (exact) mass is 391 g/mol. The molecule has 10 heteroatoms. The topological polar surface area (TPSA) is 113 Å². The van der Waals surface area contributed by atoms with E-state index in [-0.39, 0.29) is 47.9 Å². The molecule has 0 bridgehead atoms. The Balaban J connectivity index is 1.72. The quantitative estimate of drug-likeness (QED) is 0.709. The van der Waals surface area contributed by atoms with Crippen molar-refractivity contribution < 1.29 is 18.0 Å². The van der Waals surface area contributed by atoms with Gasteiger partial charge < -0.3 is 10.6 Å². The fourth-order valence-electron chi connectivity index (χ4n) is 2.81. The Kier molecular flexibility index (Phi) is 5.57. The van der Waals surface area contributed by atoms with Crippen molar-refractivity contribution in [3.05, 3.63) is 48.3 Å². The number of carbonyl (C=O) groups excluding carboxylic acids is 2. The summed E-state index contributed by atoms with van der Waals surface area (Å²) in [4.78, 5) is 24.0. The number of benzene rings is 1. The third kappa shape index (κ3) is 4.52. The van der Waals surface area contributed by atoms with Crippen LogP contribution in [0.1, 0.15) is 17.3 Å². The molecule has 2 amide bonds. The Morgan fingerprint density at radius 1 is 1.37 bits per heavy atom. The molecule has 1 aliphatic rings. The lowest BCUT2D eigenvalue weighted by Gasteiger charge is -2.26. The summed E-state index contributed by atoms with van der Waals surface area (Å²) in [6.07, 6.45) is 3.45. The van der Waals surface area contributed by atoms with Gasteiger partial charge in [-0.05, 0) is 31.2 Å². The number of rotatable bonds is 6. The highest BCUT2D eigenvalue weighted by molar-refractivity contribution is 7.89. The number of nitrogens with one attached hydrogen (secondary N) is 2. The fraction of sp³-hybridized carbons (Fsp3) is 0.353. The van der Waals surface area contributed by atoms with Gasteiger partial charge in [-0.3, -0.25) is 14.3 Å². The Morgan fingerprint density at radius 3 is 2.89 bits per heavy atom. The molecule has 0 spiro atoms. The van der Waals surface area contributed by atoms with Crippen molar-refractivity contribution in [2.24, 2.45) is 0 Å². The number of carbonyl (C=O) groups is 2. The minimum atomic E-state index is -3.84. The van der Waals surface area contributed by atoms with Crippen LogP contribution in [0.2, 0.25) is 0 Å². The van der Waals surface area contributed by atoms with Gasteiger partial charge in [0.1, 0.15) is 0 Å². The SMILES string of the molecule is CC(Cn1cccn1)NC(=O)c1cccc(S(=O)(=O)N2CCNC(=O)C2)c1. The van der Waals surface area contributed by atoms with Crippen molar-refractivity contribution >= 4 is 21.8 Å². The van der Waals surface area contributed by atoms with Crippen LogP contribution in [-0.4, -0.2) is 60.0 Å². The van der Waals surface area contributed by atoms with Crippen molar-refractivity contribution in [3.63, 3.8) is 0 Å². The van der Waals surface area contributed by atoms with Crippen molar-refractivity contribution in [1.29, 1.82) is 0 Å². The third-order valence-corrected chi connectivity index (χ3v) is 5.98. The minimum Gasteiger partial charge on any atom is -0.354 e. The Labute approximate surface area is 157 Å². The number of hydrogen-bond acceptors (Lipinski definition) is 5. The van der Waals surface area contributed by atoms with Gasteiger partial charge in [-0.25, -0.2) is 8.42 Å². The zero-order chi connectivity index (χ0) is 19.4. The fourth-order valence-corrected chi connectivity index (χ4v) is 4.25. The third-order valence-electron chi connectivity index (χ3n) is 4.13. The molecule has 3 rings (SSSR count). The van der Waals surface area contributed by atoms with Gasteiger partial charge in [0.15, 0.2) is 0 Å². The summed E-state index contributed by atoms with van der Waals surface area (Å²) in [7, 11) is -3.84. The van der Waals surface area contributed by atoms with Gasteiger partial charge in [0.2, 0.25) is 15.9 Å². The second-order valence-corrected chi connectivity index (χ2v) is 8.26. The van der Waals surface area contributed by atoms with Crippen LogP contribution in [0.15, 0.2) is 47.6 Å². The maximum atomic E-state index is 12.7. The number of sulfonamides is 1. The van der Waals surface area contributed by atoms with Gasteiger partial charge in [0, 0.05) is 37.1 Å². The summed E-state index contributed by atoms with van der Waals surface area (Å²) in [5.74, 6) is -0.714. The largest absolute Gasteiger partial charge is 0.354 e. The van der Waals surface area contributed by atoms with Crippen LogP contribution >= 0.6 is 0 Å². The maximum Gasteiger partial charge on any atom is 0.251 e. The molecule has 9 nitrogen and oxygen atoms in total. The van der Waals surface area contributed by atoms with Gasteiger partial charge >= 0.3 is 0 Å². The molecule has 27 heavy (non-hydrogen) atoms. The first-order chi connectivity index (χ1) is 12.9. The molecule has 1 aromatic heterocycles. The van der Waals surface area contributed by atoms with Crippen LogP contribution in [0.25, 0.3) is 0 Å². The molecule has 1 aromatic carbocycles. The lowest BCUT2D eigenvalue weighted by Crippen LogP contribution is -2.49. The Bertz CT molecular complexity index is 927. The minimum absolute atomic E-state index is 0.00965. The molecular formula is C17H21N5O4S. The van der Waals surface area contributed by atoms with Gasteiger partial charge in [-0.2, -0.15) is 9.40 Å². The van der Waals surface area contributed by atoms with Gasteiger partial charge in [0.25, 0.3) is 5.91 Å². The lowest BCUT2D eigenvalue weighted by atomic mass is 10.2. The average molecular weight is 391 g/mol. The molecule has 1 aliphatic heterocycles. The van der Waals surface area contributed by atoms with E-state index in [2.05, 4.69) is 15.7 Å². The molecule has 0 saturated carbocycles. The molecule has 1 fully saturated rings. The number of hydrogen-bond donors (Lipinski definition) is 2. The molecule has 0 radical (unpaired) electrons. The highest BCUT2D eigenvalue weighted by Crippen LogP contribution is 2.18. The first-order valence-corrected chi connectivity index (χ1v) is 9.95. The van der Waals surface area contributed by atoms with E-state index < -0.39 is 10.0 Å². The second-order valence-electron chi connectivity index (χ2n) is 6.32. The summed E-state index contributed by atoms with van der Waals surface area (Å²) >= 11 is 0. The summed E-state index contributed by atoms with van der Waals surface area (Å²) in [5, 5.41) is 9.50. The number of piperazine rings is 1. The van der Waals surface area contributed by atoms with Crippen molar-refractivity contribution in [3.8, 4) is 0 Å². The van der Waals surface area contributed by atoms with Crippen LogP contribution in [-0.2, 0) is 21.4 Å². The molecule has 1 saturated heterocycles. The van der Waals surface area contributed by atoms with E-state index in [4.69, 9.17) is 0 Å². The maximum absolute atomic E-state index is 12.7. The van der Waals surface area contributed by atoms with Crippen molar-refractivity contribution in [2.75, 3.05) is 19.6 Å². The zero-order valence-electron chi connectivity index (χ0n) is 14.8. The van der Waals surface area contributed by atoms with Crippen LogP contribution in [0, 0.1) is 0 Å². The smallest absolute Gasteiger partial charge is 0.251 e. The Morgan fingerprint density at radius 2 is 2.19 bits per heavy atom. The van der Waals surface area contributed by atoms with Crippen LogP contribution in [0.4, 0.5) is 0 Å². The normalized spacial score (nSPS) is 16.6. The van der Waals surface area contributed by atoms with Crippen LogP contribution in [0.5, 0.6) is 0 Å². The molecular weight excluding hydrogens is 370 g/mol. The highest BCUT2D eigenvalue weighted by atomic mass is 32.2. The van der Waals surface area contributed by atoms with Crippen molar-refractivity contribution in [2.45, 2.75) is 24.4 Å². The molecule has 0 aliphatic carbocycles. The van der Waals surface area contributed by atoms with Crippen LogP contribution < -0.4 is 10.6 Å². The lowest BCUT2D eigenvalue weighted by molar-refractivity contribution is -0.122. The molecule has 1 atom stereocenters. The van der Waals surface area contributed by atoms with Crippen LogP contribution in [0.3, 0.4) is 0 Å².